The highest BCUT2D eigenvalue weighted by molar-refractivity contribution is 7.57. The van der Waals surface area contributed by atoms with Crippen LogP contribution in [0.2, 0.25) is 0 Å². The quantitative estimate of drug-likeness (QED) is 0.523. The Labute approximate surface area is 84.0 Å². The molecule has 0 amide bonds. The van der Waals surface area contributed by atoms with E-state index < -0.39 is 7.37 Å². The Hall–Kier alpha value is -0.560. The van der Waals surface area contributed by atoms with Crippen LogP contribution in [0.3, 0.4) is 0 Å². The second-order valence-corrected chi connectivity index (χ2v) is 7.24. The lowest BCUT2D eigenvalue weighted by molar-refractivity contribution is -0.139. The first-order chi connectivity index (χ1) is 6.46. The third-order valence-electron chi connectivity index (χ3n) is 2.89. The molecule has 2 rings (SSSR count). The lowest BCUT2D eigenvalue weighted by Crippen LogP contribution is -2.20. The summed E-state index contributed by atoms with van der Waals surface area (Å²) in [4.78, 5) is 11.6. The molecule has 0 aromatic carbocycles. The number of hydrogen-bond donors (Lipinski definition) is 0. The molecule has 14 heavy (non-hydrogen) atoms. The molecule has 2 aliphatic carbocycles. The Bertz CT molecular complexity index is 328. The van der Waals surface area contributed by atoms with Gasteiger partial charge < -0.3 is 4.52 Å². The number of allylic oxidation sites excluding steroid dienone is 2. The summed E-state index contributed by atoms with van der Waals surface area (Å²) in [5.74, 6) is 0.568. The first-order valence-corrected chi connectivity index (χ1v) is 7.44. The molecule has 2 aliphatic rings. The largest absolute Gasteiger partial charge is 0.412 e. The molecule has 1 saturated carbocycles. The minimum Gasteiger partial charge on any atom is -0.412 e. The van der Waals surface area contributed by atoms with Gasteiger partial charge in [0.05, 0.1) is 5.92 Å². The van der Waals surface area contributed by atoms with E-state index in [0.717, 1.165) is 12.8 Å². The zero-order valence-corrected chi connectivity index (χ0v) is 9.37. The topological polar surface area (TPSA) is 43.4 Å². The molecule has 0 aromatic rings. The monoisotopic (exact) mass is 214 g/mol. The molecule has 3 unspecified atom stereocenters. The van der Waals surface area contributed by atoms with Crippen LogP contribution in [0.4, 0.5) is 0 Å². The van der Waals surface area contributed by atoms with Crippen molar-refractivity contribution < 1.29 is 13.9 Å². The zero-order chi connectivity index (χ0) is 10.3. The number of carbonyl (C=O) groups excluding carboxylic acids is 1. The van der Waals surface area contributed by atoms with E-state index in [4.69, 9.17) is 4.52 Å². The maximum atomic E-state index is 11.6. The van der Waals surface area contributed by atoms with Crippen LogP contribution in [0, 0.1) is 17.8 Å². The van der Waals surface area contributed by atoms with Gasteiger partial charge in [0, 0.05) is 13.3 Å². The van der Waals surface area contributed by atoms with Crippen LogP contribution in [-0.4, -0.2) is 19.3 Å². The SMILES string of the molecule is CP(C)(=O)OC(=O)C1CC2C=CC1C2. The highest BCUT2D eigenvalue weighted by atomic mass is 31.2. The average molecular weight is 214 g/mol. The van der Waals surface area contributed by atoms with Crippen molar-refractivity contribution in [3.8, 4) is 0 Å². The third kappa shape index (κ3) is 1.93. The number of rotatable bonds is 2. The number of carbonyl (C=O) groups is 1. The van der Waals surface area contributed by atoms with Crippen molar-refractivity contribution >= 4 is 13.3 Å². The summed E-state index contributed by atoms with van der Waals surface area (Å²) in [7, 11) is -2.67. The molecule has 0 aliphatic heterocycles. The van der Waals surface area contributed by atoms with Crippen molar-refractivity contribution in [3.05, 3.63) is 12.2 Å². The minimum atomic E-state index is -2.67. The Morgan fingerprint density at radius 2 is 2.07 bits per heavy atom. The molecule has 0 heterocycles. The van der Waals surface area contributed by atoms with Gasteiger partial charge in [-0.3, -0.25) is 9.36 Å². The van der Waals surface area contributed by atoms with Crippen molar-refractivity contribution in [1.29, 1.82) is 0 Å². The van der Waals surface area contributed by atoms with Gasteiger partial charge in [-0.1, -0.05) is 12.2 Å². The molecule has 3 nitrogen and oxygen atoms in total. The van der Waals surface area contributed by atoms with E-state index in [-0.39, 0.29) is 11.9 Å². The second-order valence-electron chi connectivity index (χ2n) is 4.55. The minimum absolute atomic E-state index is 0.0433. The number of fused-ring (bicyclic) bond motifs is 2. The molecule has 4 heteroatoms. The fourth-order valence-corrected chi connectivity index (χ4v) is 2.90. The summed E-state index contributed by atoms with van der Waals surface area (Å²) in [5.41, 5.74) is 0. The van der Waals surface area contributed by atoms with E-state index in [1.807, 2.05) is 0 Å². The Balaban J connectivity index is 2.00. The van der Waals surface area contributed by atoms with Crippen LogP contribution in [0.5, 0.6) is 0 Å². The molecule has 0 spiro atoms. The summed E-state index contributed by atoms with van der Waals surface area (Å²) < 4.78 is 16.3. The molecule has 0 saturated heterocycles. The molecule has 78 valence electrons. The van der Waals surface area contributed by atoms with Crippen LogP contribution in [0.15, 0.2) is 12.2 Å². The summed E-state index contributed by atoms with van der Waals surface area (Å²) in [5, 5.41) is 0. The zero-order valence-electron chi connectivity index (χ0n) is 8.47. The average Bonchev–Trinajstić information content (AvgIpc) is 2.59. The van der Waals surface area contributed by atoms with E-state index in [1.54, 1.807) is 0 Å². The van der Waals surface area contributed by atoms with E-state index in [1.165, 1.54) is 13.3 Å². The normalized spacial score (nSPS) is 34.9. The Kier molecular flexibility index (Phi) is 2.30. The third-order valence-corrected chi connectivity index (χ3v) is 3.51. The molecule has 1 fully saturated rings. The molecular formula is C10H15O3P. The van der Waals surface area contributed by atoms with Gasteiger partial charge in [-0.05, 0) is 24.7 Å². The fraction of sp³-hybridized carbons (Fsp3) is 0.700. The number of hydrogen-bond acceptors (Lipinski definition) is 3. The Morgan fingerprint density at radius 3 is 2.50 bits per heavy atom. The van der Waals surface area contributed by atoms with Gasteiger partial charge in [0.2, 0.25) is 7.37 Å². The van der Waals surface area contributed by atoms with E-state index in [9.17, 15) is 9.36 Å². The van der Waals surface area contributed by atoms with Crippen molar-refractivity contribution in [3.63, 3.8) is 0 Å². The second kappa shape index (κ2) is 3.23. The van der Waals surface area contributed by atoms with Gasteiger partial charge in [0.1, 0.15) is 0 Å². The van der Waals surface area contributed by atoms with Crippen molar-refractivity contribution in [2.75, 3.05) is 13.3 Å². The molecular weight excluding hydrogens is 199 g/mol. The van der Waals surface area contributed by atoms with E-state index in [0.29, 0.717) is 11.8 Å². The van der Waals surface area contributed by atoms with Gasteiger partial charge in [0.25, 0.3) is 0 Å². The van der Waals surface area contributed by atoms with Crippen LogP contribution < -0.4 is 0 Å². The summed E-state index contributed by atoms with van der Waals surface area (Å²) in [6, 6.07) is 0. The van der Waals surface area contributed by atoms with Crippen LogP contribution >= 0.6 is 7.37 Å². The van der Waals surface area contributed by atoms with Crippen LogP contribution in [-0.2, 0) is 13.9 Å². The maximum absolute atomic E-state index is 11.6. The lowest BCUT2D eigenvalue weighted by Gasteiger charge is -2.18. The smallest absolute Gasteiger partial charge is 0.314 e. The predicted molar refractivity (Wildman–Crippen MR) is 54.4 cm³/mol. The van der Waals surface area contributed by atoms with Crippen LogP contribution in [0.1, 0.15) is 12.8 Å². The van der Waals surface area contributed by atoms with Crippen molar-refractivity contribution in [2.45, 2.75) is 12.8 Å². The van der Waals surface area contributed by atoms with Crippen LogP contribution in [0.25, 0.3) is 0 Å². The molecule has 0 N–H and O–H groups in total. The van der Waals surface area contributed by atoms with Gasteiger partial charge in [-0.15, -0.1) is 0 Å². The predicted octanol–water partition coefficient (Wildman–Crippen LogP) is 2.28. The van der Waals surface area contributed by atoms with E-state index in [2.05, 4.69) is 12.2 Å². The fourth-order valence-electron chi connectivity index (χ4n) is 2.34. The molecule has 0 radical (unpaired) electrons. The standard InChI is InChI=1S/C10H15O3P/c1-14(2,12)13-10(11)9-6-7-3-4-8(9)5-7/h3-4,7-9H,5-6H2,1-2H3. The van der Waals surface area contributed by atoms with Crippen molar-refractivity contribution in [2.24, 2.45) is 17.8 Å². The summed E-state index contributed by atoms with van der Waals surface area (Å²) in [6.45, 7) is 2.96. The van der Waals surface area contributed by atoms with E-state index >= 15 is 0 Å². The highest BCUT2D eigenvalue weighted by Gasteiger charge is 2.41. The molecule has 3 atom stereocenters. The van der Waals surface area contributed by atoms with Gasteiger partial charge in [-0.25, -0.2) is 0 Å². The summed E-state index contributed by atoms with van der Waals surface area (Å²) in [6.07, 6.45) is 6.21. The first kappa shape index (κ1) is 9.97. The Morgan fingerprint density at radius 1 is 1.36 bits per heavy atom. The molecule has 0 aromatic heterocycles. The van der Waals surface area contributed by atoms with Gasteiger partial charge >= 0.3 is 5.97 Å². The van der Waals surface area contributed by atoms with Crippen molar-refractivity contribution in [1.82, 2.24) is 0 Å². The lowest BCUT2D eigenvalue weighted by atomic mass is 9.94. The molecule has 2 bridgehead atoms. The summed E-state index contributed by atoms with van der Waals surface area (Å²) >= 11 is 0. The van der Waals surface area contributed by atoms with Gasteiger partial charge in [-0.2, -0.15) is 0 Å². The van der Waals surface area contributed by atoms with Gasteiger partial charge in [0.15, 0.2) is 0 Å². The maximum Gasteiger partial charge on any atom is 0.314 e. The highest BCUT2D eigenvalue weighted by Crippen LogP contribution is 2.47. The first-order valence-electron chi connectivity index (χ1n) is 4.92.